The highest BCUT2D eigenvalue weighted by atomic mass is 16.3. The van der Waals surface area contributed by atoms with Gasteiger partial charge >= 0.3 is 0 Å². The van der Waals surface area contributed by atoms with Crippen molar-refractivity contribution in [3.63, 3.8) is 0 Å². The lowest BCUT2D eigenvalue weighted by molar-refractivity contribution is 0.177. The van der Waals surface area contributed by atoms with Gasteiger partial charge in [-0.1, -0.05) is 35.4 Å². The summed E-state index contributed by atoms with van der Waals surface area (Å²) in [6.45, 7) is 6.09. The molecule has 1 atom stereocenters. The molecule has 1 N–H and O–H groups in total. The number of nitrogens with zero attached hydrogens (tertiary/aromatic N) is 1. The van der Waals surface area contributed by atoms with E-state index in [0.717, 1.165) is 11.3 Å². The lowest BCUT2D eigenvalue weighted by Crippen LogP contribution is -2.05. The maximum absolute atomic E-state index is 10.3. The molecule has 0 fully saturated rings. The molecule has 2 rings (SSSR count). The van der Waals surface area contributed by atoms with Gasteiger partial charge in [-0.05, 0) is 32.4 Å². The van der Waals surface area contributed by atoms with Gasteiger partial charge in [0.05, 0.1) is 6.10 Å². The molecule has 2 nitrogen and oxygen atoms in total. The third-order valence-electron chi connectivity index (χ3n) is 3.12. The number of hydrogen-bond acceptors (Lipinski definition) is 2. The number of hydrogen-bond donors (Lipinski definition) is 1. The van der Waals surface area contributed by atoms with E-state index >= 15 is 0 Å². The zero-order valence-electron chi connectivity index (χ0n) is 11.1. The van der Waals surface area contributed by atoms with Crippen LogP contribution >= 0.6 is 0 Å². The molecule has 1 aromatic heterocycles. The molecule has 0 aliphatic rings. The smallest absolute Gasteiger partial charge is 0.0847 e. The summed E-state index contributed by atoms with van der Waals surface area (Å²) < 4.78 is 0. The second-order valence-corrected chi connectivity index (χ2v) is 4.89. The predicted molar refractivity (Wildman–Crippen MR) is 73.6 cm³/mol. The van der Waals surface area contributed by atoms with E-state index < -0.39 is 6.10 Å². The van der Waals surface area contributed by atoms with Crippen molar-refractivity contribution in [3.8, 4) is 0 Å². The maximum Gasteiger partial charge on any atom is 0.0847 e. The first-order valence-corrected chi connectivity index (χ1v) is 6.23. The van der Waals surface area contributed by atoms with Crippen molar-refractivity contribution >= 4 is 0 Å². The molecule has 0 amide bonds. The highest BCUT2D eigenvalue weighted by Gasteiger charge is 2.11. The summed E-state index contributed by atoms with van der Waals surface area (Å²) in [4.78, 5) is 4.22. The van der Waals surface area contributed by atoms with Gasteiger partial charge in [-0.2, -0.15) is 0 Å². The standard InChI is InChI=1S/C16H19NO/c1-11-7-12(2)9-14(8-11)10-16(18)15-5-4-6-17-13(15)3/h4-9,16,18H,10H2,1-3H3. The van der Waals surface area contributed by atoms with Gasteiger partial charge in [0.2, 0.25) is 0 Å². The summed E-state index contributed by atoms with van der Waals surface area (Å²) in [5.41, 5.74) is 5.45. The molecule has 0 aliphatic carbocycles. The van der Waals surface area contributed by atoms with Crippen LogP contribution in [0, 0.1) is 20.8 Å². The highest BCUT2D eigenvalue weighted by molar-refractivity contribution is 5.31. The first-order chi connectivity index (χ1) is 8.56. The van der Waals surface area contributed by atoms with Crippen molar-refractivity contribution < 1.29 is 5.11 Å². The van der Waals surface area contributed by atoms with Crippen LogP contribution in [0.15, 0.2) is 36.5 Å². The molecule has 0 bridgehead atoms. The monoisotopic (exact) mass is 241 g/mol. The summed E-state index contributed by atoms with van der Waals surface area (Å²) in [6.07, 6.45) is 1.90. The van der Waals surface area contributed by atoms with E-state index in [0.29, 0.717) is 6.42 Å². The molecule has 2 heteroatoms. The third kappa shape index (κ3) is 2.96. The lowest BCUT2D eigenvalue weighted by atomic mass is 9.98. The first-order valence-electron chi connectivity index (χ1n) is 6.23. The Balaban J connectivity index is 2.21. The average molecular weight is 241 g/mol. The van der Waals surface area contributed by atoms with E-state index in [2.05, 4.69) is 37.0 Å². The topological polar surface area (TPSA) is 33.1 Å². The highest BCUT2D eigenvalue weighted by Crippen LogP contribution is 2.21. The van der Waals surface area contributed by atoms with Gasteiger partial charge in [-0.15, -0.1) is 0 Å². The van der Waals surface area contributed by atoms with Crippen molar-refractivity contribution in [2.75, 3.05) is 0 Å². The van der Waals surface area contributed by atoms with Crippen LogP contribution in [0.4, 0.5) is 0 Å². The number of aromatic nitrogens is 1. The van der Waals surface area contributed by atoms with Crippen LogP contribution in [0.5, 0.6) is 0 Å². The molecule has 94 valence electrons. The molecule has 0 aliphatic heterocycles. The van der Waals surface area contributed by atoms with Crippen LogP contribution in [-0.2, 0) is 6.42 Å². The minimum Gasteiger partial charge on any atom is -0.388 e. The van der Waals surface area contributed by atoms with Crippen molar-refractivity contribution in [1.29, 1.82) is 0 Å². The largest absolute Gasteiger partial charge is 0.388 e. The lowest BCUT2D eigenvalue weighted by Gasteiger charge is -2.14. The van der Waals surface area contributed by atoms with Gasteiger partial charge < -0.3 is 5.11 Å². The van der Waals surface area contributed by atoms with Gasteiger partial charge in [-0.3, -0.25) is 4.98 Å². The van der Waals surface area contributed by atoms with Crippen molar-refractivity contribution in [2.45, 2.75) is 33.3 Å². The molecule has 0 saturated carbocycles. The maximum atomic E-state index is 10.3. The van der Waals surface area contributed by atoms with Crippen LogP contribution in [0.2, 0.25) is 0 Å². The second kappa shape index (κ2) is 5.32. The van der Waals surface area contributed by atoms with Crippen LogP contribution in [-0.4, -0.2) is 10.1 Å². The Hall–Kier alpha value is -1.67. The quantitative estimate of drug-likeness (QED) is 0.894. The fourth-order valence-corrected chi connectivity index (χ4v) is 2.37. The molecule has 18 heavy (non-hydrogen) atoms. The summed E-state index contributed by atoms with van der Waals surface area (Å²) in [6, 6.07) is 10.2. The molecular weight excluding hydrogens is 222 g/mol. The van der Waals surface area contributed by atoms with E-state index in [4.69, 9.17) is 0 Å². The van der Waals surface area contributed by atoms with Gasteiger partial charge in [0.25, 0.3) is 0 Å². The van der Waals surface area contributed by atoms with E-state index in [1.54, 1.807) is 6.20 Å². The van der Waals surface area contributed by atoms with Crippen molar-refractivity contribution in [3.05, 3.63) is 64.5 Å². The summed E-state index contributed by atoms with van der Waals surface area (Å²) in [5, 5.41) is 10.3. The van der Waals surface area contributed by atoms with Gasteiger partial charge in [0.15, 0.2) is 0 Å². The molecule has 1 unspecified atom stereocenters. The van der Waals surface area contributed by atoms with E-state index in [9.17, 15) is 5.11 Å². The SMILES string of the molecule is Cc1cc(C)cc(CC(O)c2cccnc2C)c1. The van der Waals surface area contributed by atoms with Crippen LogP contribution in [0.3, 0.4) is 0 Å². The van der Waals surface area contributed by atoms with E-state index in [1.807, 2.05) is 19.1 Å². The van der Waals surface area contributed by atoms with Crippen molar-refractivity contribution in [1.82, 2.24) is 4.98 Å². The Labute approximate surface area is 108 Å². The number of aryl methyl sites for hydroxylation is 3. The molecule has 0 saturated heterocycles. The van der Waals surface area contributed by atoms with Gasteiger partial charge in [0.1, 0.15) is 0 Å². The third-order valence-corrected chi connectivity index (χ3v) is 3.12. The number of aliphatic hydroxyl groups excluding tert-OH is 1. The van der Waals surface area contributed by atoms with Gasteiger partial charge in [-0.25, -0.2) is 0 Å². The normalized spacial score (nSPS) is 12.4. The van der Waals surface area contributed by atoms with Crippen LogP contribution in [0.1, 0.15) is 34.1 Å². The fourth-order valence-electron chi connectivity index (χ4n) is 2.37. The van der Waals surface area contributed by atoms with E-state index in [-0.39, 0.29) is 0 Å². The van der Waals surface area contributed by atoms with E-state index in [1.165, 1.54) is 16.7 Å². The number of pyridine rings is 1. The summed E-state index contributed by atoms with van der Waals surface area (Å²) in [5.74, 6) is 0. The summed E-state index contributed by atoms with van der Waals surface area (Å²) >= 11 is 0. The van der Waals surface area contributed by atoms with Crippen molar-refractivity contribution in [2.24, 2.45) is 0 Å². The molecule has 0 radical (unpaired) electrons. The molecular formula is C16H19NO. The Morgan fingerprint density at radius 2 is 1.78 bits per heavy atom. The first kappa shape index (κ1) is 12.8. The Morgan fingerprint density at radius 1 is 1.11 bits per heavy atom. The number of benzene rings is 1. The number of rotatable bonds is 3. The second-order valence-electron chi connectivity index (χ2n) is 4.89. The van der Waals surface area contributed by atoms with Crippen LogP contribution in [0.25, 0.3) is 0 Å². The molecule has 1 aromatic carbocycles. The minimum absolute atomic E-state index is 0.486. The Bertz CT molecular complexity index is 528. The fraction of sp³-hybridized carbons (Fsp3) is 0.312. The molecule has 2 aromatic rings. The molecule has 0 spiro atoms. The Kier molecular flexibility index (Phi) is 3.78. The zero-order valence-corrected chi connectivity index (χ0v) is 11.1. The molecule has 1 heterocycles. The predicted octanol–water partition coefficient (Wildman–Crippen LogP) is 3.28. The Morgan fingerprint density at radius 3 is 2.39 bits per heavy atom. The summed E-state index contributed by atoms with van der Waals surface area (Å²) in [7, 11) is 0. The average Bonchev–Trinajstić information content (AvgIpc) is 2.27. The zero-order chi connectivity index (χ0) is 13.1. The van der Waals surface area contributed by atoms with Gasteiger partial charge in [0, 0.05) is 23.9 Å². The minimum atomic E-state index is -0.486. The van der Waals surface area contributed by atoms with Crippen LogP contribution < -0.4 is 0 Å². The number of aliphatic hydroxyl groups is 1.